The lowest BCUT2D eigenvalue weighted by Gasteiger charge is -2.36. The Labute approximate surface area is 105 Å². The number of urea groups is 1. The molecular weight excluding hydrogens is 240 g/mol. The summed E-state index contributed by atoms with van der Waals surface area (Å²) in [6, 6.07) is 0.0243. The predicted octanol–water partition coefficient (Wildman–Crippen LogP) is 0.952. The molecule has 0 aromatic rings. The largest absolute Gasteiger partial charge is 0.481 e. The van der Waals surface area contributed by atoms with Crippen molar-refractivity contribution in [3.05, 3.63) is 0 Å². The highest BCUT2D eigenvalue weighted by atomic mass is 32.2. The maximum Gasteiger partial charge on any atom is 0.320 e. The first-order chi connectivity index (χ1) is 8.18. The van der Waals surface area contributed by atoms with Crippen molar-refractivity contribution < 1.29 is 14.7 Å². The van der Waals surface area contributed by atoms with E-state index in [9.17, 15) is 9.59 Å². The SMILES string of the molecule is O=C(O)[C@H]1CCCN(C(=O)N2CCSCC2)C1. The van der Waals surface area contributed by atoms with Gasteiger partial charge in [0.2, 0.25) is 0 Å². The van der Waals surface area contributed by atoms with Crippen molar-refractivity contribution in [1.29, 1.82) is 0 Å². The highest BCUT2D eigenvalue weighted by molar-refractivity contribution is 7.99. The van der Waals surface area contributed by atoms with Crippen molar-refractivity contribution in [3.63, 3.8) is 0 Å². The number of carbonyl (C=O) groups excluding carboxylic acids is 1. The summed E-state index contributed by atoms with van der Waals surface area (Å²) in [6.07, 6.45) is 1.49. The van der Waals surface area contributed by atoms with Gasteiger partial charge in [0, 0.05) is 37.7 Å². The fraction of sp³-hybridized carbons (Fsp3) is 0.818. The molecule has 6 heteroatoms. The number of hydrogen-bond donors (Lipinski definition) is 1. The Morgan fingerprint density at radius 2 is 1.82 bits per heavy atom. The highest BCUT2D eigenvalue weighted by Gasteiger charge is 2.30. The molecule has 2 saturated heterocycles. The molecule has 0 unspecified atom stereocenters. The summed E-state index contributed by atoms with van der Waals surface area (Å²) in [5.41, 5.74) is 0. The van der Waals surface area contributed by atoms with Crippen LogP contribution in [0.2, 0.25) is 0 Å². The standard InChI is InChI=1S/C11H18N2O3S/c14-10(15)9-2-1-3-13(8-9)11(16)12-4-6-17-7-5-12/h9H,1-8H2,(H,14,15)/t9-/m0/s1. The third-order valence-electron chi connectivity index (χ3n) is 3.32. The van der Waals surface area contributed by atoms with Crippen molar-refractivity contribution in [2.75, 3.05) is 37.7 Å². The highest BCUT2D eigenvalue weighted by Crippen LogP contribution is 2.19. The fourth-order valence-corrected chi connectivity index (χ4v) is 3.21. The van der Waals surface area contributed by atoms with E-state index in [4.69, 9.17) is 5.11 Å². The van der Waals surface area contributed by atoms with Crippen LogP contribution >= 0.6 is 11.8 Å². The maximum atomic E-state index is 12.2. The average molecular weight is 258 g/mol. The lowest BCUT2D eigenvalue weighted by atomic mass is 9.99. The summed E-state index contributed by atoms with van der Waals surface area (Å²) in [4.78, 5) is 26.7. The molecule has 0 radical (unpaired) electrons. The number of likely N-dealkylation sites (tertiary alicyclic amines) is 1. The molecule has 2 amide bonds. The summed E-state index contributed by atoms with van der Waals surface area (Å²) in [5, 5.41) is 8.99. The van der Waals surface area contributed by atoms with Gasteiger partial charge in [0.05, 0.1) is 5.92 Å². The van der Waals surface area contributed by atoms with E-state index < -0.39 is 5.97 Å². The third-order valence-corrected chi connectivity index (χ3v) is 4.27. The molecular formula is C11H18N2O3S. The summed E-state index contributed by atoms with van der Waals surface area (Å²) in [6.45, 7) is 2.65. The van der Waals surface area contributed by atoms with Crippen LogP contribution in [-0.4, -0.2) is 64.6 Å². The zero-order valence-electron chi connectivity index (χ0n) is 9.80. The number of aliphatic carboxylic acids is 1. The predicted molar refractivity (Wildman–Crippen MR) is 66.2 cm³/mol. The van der Waals surface area contributed by atoms with Crippen molar-refractivity contribution in [3.8, 4) is 0 Å². The Bertz CT molecular complexity index is 305. The quantitative estimate of drug-likeness (QED) is 0.761. The number of nitrogens with zero attached hydrogens (tertiary/aromatic N) is 2. The summed E-state index contributed by atoms with van der Waals surface area (Å²) in [5.74, 6) is 0.813. The van der Waals surface area contributed by atoms with E-state index in [0.717, 1.165) is 31.0 Å². The fourth-order valence-electron chi connectivity index (χ4n) is 2.31. The van der Waals surface area contributed by atoms with E-state index in [1.807, 2.05) is 16.7 Å². The molecule has 2 aliphatic rings. The van der Waals surface area contributed by atoms with Crippen LogP contribution in [0.5, 0.6) is 0 Å². The zero-order chi connectivity index (χ0) is 12.3. The molecule has 5 nitrogen and oxygen atoms in total. The minimum atomic E-state index is -0.781. The number of carboxylic acid groups (broad SMARTS) is 1. The molecule has 0 bridgehead atoms. The average Bonchev–Trinajstić information content (AvgIpc) is 2.39. The molecule has 0 aromatic carbocycles. The Hall–Kier alpha value is -0.910. The van der Waals surface area contributed by atoms with Crippen LogP contribution < -0.4 is 0 Å². The second-order valence-electron chi connectivity index (χ2n) is 4.51. The van der Waals surface area contributed by atoms with Crippen molar-refractivity contribution in [1.82, 2.24) is 9.80 Å². The first-order valence-corrected chi connectivity index (χ1v) is 7.18. The van der Waals surface area contributed by atoms with Crippen LogP contribution in [0.1, 0.15) is 12.8 Å². The molecule has 17 heavy (non-hydrogen) atoms. The monoisotopic (exact) mass is 258 g/mol. The first kappa shape index (κ1) is 12.5. The van der Waals surface area contributed by atoms with Gasteiger partial charge in [-0.1, -0.05) is 0 Å². The van der Waals surface area contributed by atoms with Crippen LogP contribution in [0.25, 0.3) is 0 Å². The van der Waals surface area contributed by atoms with Crippen molar-refractivity contribution >= 4 is 23.8 Å². The Morgan fingerprint density at radius 1 is 1.12 bits per heavy atom. The second kappa shape index (κ2) is 5.62. The third kappa shape index (κ3) is 3.06. The number of thioether (sulfide) groups is 1. The smallest absolute Gasteiger partial charge is 0.320 e. The van der Waals surface area contributed by atoms with E-state index in [-0.39, 0.29) is 11.9 Å². The second-order valence-corrected chi connectivity index (χ2v) is 5.73. The molecule has 0 spiro atoms. The summed E-state index contributed by atoms with van der Waals surface area (Å²) >= 11 is 1.86. The topological polar surface area (TPSA) is 60.9 Å². The Kier molecular flexibility index (Phi) is 4.15. The van der Waals surface area contributed by atoms with Gasteiger partial charge in [0.25, 0.3) is 0 Å². The van der Waals surface area contributed by atoms with Crippen LogP contribution in [0.4, 0.5) is 4.79 Å². The molecule has 96 valence electrons. The molecule has 2 aliphatic heterocycles. The number of hydrogen-bond acceptors (Lipinski definition) is 3. The minimum Gasteiger partial charge on any atom is -0.481 e. The van der Waals surface area contributed by atoms with E-state index in [1.54, 1.807) is 4.90 Å². The van der Waals surface area contributed by atoms with Crippen LogP contribution in [-0.2, 0) is 4.79 Å². The first-order valence-electron chi connectivity index (χ1n) is 6.03. The number of carbonyl (C=O) groups is 2. The summed E-state index contributed by atoms with van der Waals surface area (Å²) < 4.78 is 0. The van der Waals surface area contributed by atoms with Gasteiger partial charge in [-0.2, -0.15) is 11.8 Å². The molecule has 0 aliphatic carbocycles. The van der Waals surface area contributed by atoms with Crippen LogP contribution in [0.3, 0.4) is 0 Å². The lowest BCUT2D eigenvalue weighted by molar-refractivity contribution is -0.143. The van der Waals surface area contributed by atoms with E-state index in [1.165, 1.54) is 0 Å². The van der Waals surface area contributed by atoms with Gasteiger partial charge in [-0.15, -0.1) is 0 Å². The molecule has 2 fully saturated rings. The molecule has 1 atom stereocenters. The van der Waals surface area contributed by atoms with E-state index in [2.05, 4.69) is 0 Å². The van der Waals surface area contributed by atoms with Crippen molar-refractivity contribution in [2.24, 2.45) is 5.92 Å². The molecule has 2 rings (SSSR count). The van der Waals surface area contributed by atoms with Gasteiger partial charge in [-0.05, 0) is 12.8 Å². The van der Waals surface area contributed by atoms with E-state index >= 15 is 0 Å². The van der Waals surface area contributed by atoms with Crippen LogP contribution in [0.15, 0.2) is 0 Å². The normalized spacial score (nSPS) is 25.8. The van der Waals surface area contributed by atoms with Gasteiger partial charge in [-0.3, -0.25) is 4.79 Å². The van der Waals surface area contributed by atoms with Crippen LogP contribution in [0, 0.1) is 5.92 Å². The van der Waals surface area contributed by atoms with Gasteiger partial charge in [0.15, 0.2) is 0 Å². The Morgan fingerprint density at radius 3 is 2.47 bits per heavy atom. The van der Waals surface area contributed by atoms with Gasteiger partial charge < -0.3 is 14.9 Å². The van der Waals surface area contributed by atoms with Gasteiger partial charge in [-0.25, -0.2) is 4.79 Å². The summed E-state index contributed by atoms with van der Waals surface area (Å²) in [7, 11) is 0. The Balaban J connectivity index is 1.91. The molecule has 1 N–H and O–H groups in total. The number of amides is 2. The molecule has 2 heterocycles. The van der Waals surface area contributed by atoms with Gasteiger partial charge in [0.1, 0.15) is 0 Å². The molecule has 0 saturated carbocycles. The van der Waals surface area contributed by atoms with Crippen molar-refractivity contribution in [2.45, 2.75) is 12.8 Å². The zero-order valence-corrected chi connectivity index (χ0v) is 10.6. The molecule has 0 aromatic heterocycles. The van der Waals surface area contributed by atoms with E-state index in [0.29, 0.717) is 19.5 Å². The number of piperidine rings is 1. The maximum absolute atomic E-state index is 12.2. The lowest BCUT2D eigenvalue weighted by Crippen LogP contribution is -2.50. The minimum absolute atomic E-state index is 0.0243. The number of carboxylic acids is 1. The number of rotatable bonds is 1. The van der Waals surface area contributed by atoms with Gasteiger partial charge >= 0.3 is 12.0 Å².